The van der Waals surface area contributed by atoms with Crippen molar-refractivity contribution in [3.63, 3.8) is 0 Å². The Morgan fingerprint density at radius 3 is 2.79 bits per heavy atom. The number of hydrogen-bond donors (Lipinski definition) is 2. The Hall–Kier alpha value is -1.40. The van der Waals surface area contributed by atoms with E-state index in [4.69, 9.17) is 4.74 Å². The summed E-state index contributed by atoms with van der Waals surface area (Å²) in [5, 5.41) is 10.5. The molecular formula is C13H24N4O2. The van der Waals surface area contributed by atoms with Crippen LogP contribution in [-0.2, 0) is 22.6 Å². The van der Waals surface area contributed by atoms with Gasteiger partial charge in [-0.15, -0.1) is 0 Å². The highest BCUT2D eigenvalue weighted by Gasteiger charge is 2.13. The minimum atomic E-state index is -0.0438. The fourth-order valence-electron chi connectivity index (χ4n) is 1.88. The van der Waals surface area contributed by atoms with Gasteiger partial charge >= 0.3 is 0 Å². The zero-order chi connectivity index (χ0) is 14.3. The molecule has 108 valence electrons. The van der Waals surface area contributed by atoms with Crippen molar-refractivity contribution in [2.75, 3.05) is 26.8 Å². The number of amides is 1. The zero-order valence-electron chi connectivity index (χ0n) is 12.2. The molecule has 0 aromatic carbocycles. The molecule has 1 aromatic rings. The summed E-state index contributed by atoms with van der Waals surface area (Å²) in [5.41, 5.74) is 3.19. The van der Waals surface area contributed by atoms with Gasteiger partial charge in [0.05, 0.1) is 12.3 Å². The van der Waals surface area contributed by atoms with E-state index in [0.29, 0.717) is 13.2 Å². The molecule has 0 aliphatic rings. The highest BCUT2D eigenvalue weighted by molar-refractivity contribution is 5.75. The van der Waals surface area contributed by atoms with Gasteiger partial charge in [0, 0.05) is 31.5 Å². The third kappa shape index (κ3) is 4.65. The summed E-state index contributed by atoms with van der Waals surface area (Å²) in [7, 11) is 1.61. The SMILES string of the molecule is CCNCc1c(C)nn(CC(=O)NCCOC)c1C. The highest BCUT2D eigenvalue weighted by atomic mass is 16.5. The number of rotatable bonds is 8. The van der Waals surface area contributed by atoms with Gasteiger partial charge in [0.15, 0.2) is 0 Å². The molecule has 6 heteroatoms. The van der Waals surface area contributed by atoms with Crippen LogP contribution >= 0.6 is 0 Å². The second-order valence-electron chi connectivity index (χ2n) is 4.43. The fourth-order valence-corrected chi connectivity index (χ4v) is 1.88. The first-order valence-corrected chi connectivity index (χ1v) is 6.59. The molecule has 0 aliphatic carbocycles. The summed E-state index contributed by atoms with van der Waals surface area (Å²) in [4.78, 5) is 11.7. The van der Waals surface area contributed by atoms with Gasteiger partial charge in [-0.25, -0.2) is 0 Å². The quantitative estimate of drug-likeness (QED) is 0.669. The first-order valence-electron chi connectivity index (χ1n) is 6.59. The van der Waals surface area contributed by atoms with Crippen molar-refractivity contribution in [2.24, 2.45) is 0 Å². The predicted molar refractivity (Wildman–Crippen MR) is 74.0 cm³/mol. The van der Waals surface area contributed by atoms with Gasteiger partial charge in [-0.1, -0.05) is 6.92 Å². The van der Waals surface area contributed by atoms with Crippen LogP contribution in [0.1, 0.15) is 23.9 Å². The molecular weight excluding hydrogens is 244 g/mol. The third-order valence-corrected chi connectivity index (χ3v) is 3.00. The molecule has 1 aromatic heterocycles. The van der Waals surface area contributed by atoms with Gasteiger partial charge < -0.3 is 15.4 Å². The number of nitrogens with one attached hydrogen (secondary N) is 2. The van der Waals surface area contributed by atoms with Crippen LogP contribution in [0, 0.1) is 13.8 Å². The highest BCUT2D eigenvalue weighted by Crippen LogP contribution is 2.12. The number of carbonyl (C=O) groups is 1. The molecule has 0 atom stereocenters. The van der Waals surface area contributed by atoms with Gasteiger partial charge in [-0.2, -0.15) is 5.10 Å². The lowest BCUT2D eigenvalue weighted by Crippen LogP contribution is -2.31. The van der Waals surface area contributed by atoms with E-state index in [0.717, 1.165) is 24.5 Å². The summed E-state index contributed by atoms with van der Waals surface area (Å²) in [5.74, 6) is -0.0438. The molecule has 1 amide bonds. The van der Waals surface area contributed by atoms with E-state index in [-0.39, 0.29) is 12.5 Å². The second-order valence-corrected chi connectivity index (χ2v) is 4.43. The lowest BCUT2D eigenvalue weighted by atomic mass is 10.2. The van der Waals surface area contributed by atoms with Crippen LogP contribution in [0.15, 0.2) is 0 Å². The standard InChI is InChI=1S/C13H24N4O2/c1-5-14-8-12-10(2)16-17(11(12)3)9-13(18)15-6-7-19-4/h14H,5-9H2,1-4H3,(H,15,18). The fraction of sp³-hybridized carbons (Fsp3) is 0.692. The van der Waals surface area contributed by atoms with E-state index in [2.05, 4.69) is 22.7 Å². The Kier molecular flexibility index (Phi) is 6.52. The van der Waals surface area contributed by atoms with E-state index < -0.39 is 0 Å². The van der Waals surface area contributed by atoms with Gasteiger partial charge in [-0.3, -0.25) is 9.48 Å². The predicted octanol–water partition coefficient (Wildman–Crippen LogP) is 0.372. The Morgan fingerprint density at radius 1 is 1.42 bits per heavy atom. The molecule has 0 spiro atoms. The number of nitrogens with zero attached hydrogens (tertiary/aromatic N) is 2. The summed E-state index contributed by atoms with van der Waals surface area (Å²) in [6.45, 7) is 9.05. The maximum absolute atomic E-state index is 11.7. The number of aromatic nitrogens is 2. The topological polar surface area (TPSA) is 68.2 Å². The number of hydrogen-bond acceptors (Lipinski definition) is 4. The van der Waals surface area contributed by atoms with Gasteiger partial charge in [-0.05, 0) is 20.4 Å². The maximum Gasteiger partial charge on any atom is 0.241 e. The van der Waals surface area contributed by atoms with Crippen LogP contribution in [-0.4, -0.2) is 42.5 Å². The summed E-state index contributed by atoms with van der Waals surface area (Å²) < 4.78 is 6.64. The van der Waals surface area contributed by atoms with Crippen molar-refractivity contribution in [2.45, 2.75) is 33.9 Å². The van der Waals surface area contributed by atoms with Gasteiger partial charge in [0.25, 0.3) is 0 Å². The van der Waals surface area contributed by atoms with Crippen LogP contribution in [0.4, 0.5) is 0 Å². The molecule has 0 saturated carbocycles. The number of aryl methyl sites for hydroxylation is 1. The van der Waals surface area contributed by atoms with E-state index in [1.54, 1.807) is 11.8 Å². The molecule has 19 heavy (non-hydrogen) atoms. The van der Waals surface area contributed by atoms with E-state index in [1.165, 1.54) is 5.56 Å². The zero-order valence-corrected chi connectivity index (χ0v) is 12.2. The van der Waals surface area contributed by atoms with Crippen LogP contribution in [0.5, 0.6) is 0 Å². The van der Waals surface area contributed by atoms with Crippen LogP contribution in [0.2, 0.25) is 0 Å². The molecule has 0 fully saturated rings. The molecule has 2 N–H and O–H groups in total. The minimum absolute atomic E-state index is 0.0438. The molecule has 0 unspecified atom stereocenters. The third-order valence-electron chi connectivity index (χ3n) is 3.00. The first kappa shape index (κ1) is 15.7. The van der Waals surface area contributed by atoms with Crippen molar-refractivity contribution < 1.29 is 9.53 Å². The largest absolute Gasteiger partial charge is 0.383 e. The number of methoxy groups -OCH3 is 1. The normalized spacial score (nSPS) is 10.7. The Morgan fingerprint density at radius 2 is 2.16 bits per heavy atom. The molecule has 1 rings (SSSR count). The summed E-state index contributed by atoms with van der Waals surface area (Å²) >= 11 is 0. The first-order chi connectivity index (χ1) is 9.10. The van der Waals surface area contributed by atoms with E-state index >= 15 is 0 Å². The molecule has 0 saturated heterocycles. The van der Waals surface area contributed by atoms with Crippen molar-refractivity contribution >= 4 is 5.91 Å². The van der Waals surface area contributed by atoms with Crippen LogP contribution < -0.4 is 10.6 Å². The maximum atomic E-state index is 11.7. The Bertz CT molecular complexity index is 415. The van der Waals surface area contributed by atoms with Crippen molar-refractivity contribution in [3.05, 3.63) is 17.0 Å². The van der Waals surface area contributed by atoms with Crippen molar-refractivity contribution in [1.82, 2.24) is 20.4 Å². The van der Waals surface area contributed by atoms with E-state index in [1.807, 2.05) is 13.8 Å². The van der Waals surface area contributed by atoms with Gasteiger partial charge in [0.1, 0.15) is 6.54 Å². The monoisotopic (exact) mass is 268 g/mol. The van der Waals surface area contributed by atoms with Crippen LogP contribution in [0.3, 0.4) is 0 Å². The molecule has 1 heterocycles. The summed E-state index contributed by atoms with van der Waals surface area (Å²) in [6.07, 6.45) is 0. The molecule has 0 bridgehead atoms. The minimum Gasteiger partial charge on any atom is -0.383 e. The molecule has 6 nitrogen and oxygen atoms in total. The Balaban J connectivity index is 2.61. The molecule has 0 radical (unpaired) electrons. The lowest BCUT2D eigenvalue weighted by molar-refractivity contribution is -0.122. The van der Waals surface area contributed by atoms with Gasteiger partial charge in [0.2, 0.25) is 5.91 Å². The smallest absolute Gasteiger partial charge is 0.241 e. The van der Waals surface area contributed by atoms with Crippen molar-refractivity contribution in [3.8, 4) is 0 Å². The second kappa shape index (κ2) is 7.91. The average Bonchev–Trinajstić information content (AvgIpc) is 2.63. The molecule has 0 aliphatic heterocycles. The lowest BCUT2D eigenvalue weighted by Gasteiger charge is -2.07. The average molecular weight is 268 g/mol. The van der Waals surface area contributed by atoms with E-state index in [9.17, 15) is 4.79 Å². The number of carbonyl (C=O) groups excluding carboxylic acids is 1. The van der Waals surface area contributed by atoms with Crippen LogP contribution in [0.25, 0.3) is 0 Å². The number of ether oxygens (including phenoxy) is 1. The Labute approximate surface area is 114 Å². The summed E-state index contributed by atoms with van der Waals surface area (Å²) in [6, 6.07) is 0. The van der Waals surface area contributed by atoms with Crippen molar-refractivity contribution in [1.29, 1.82) is 0 Å².